The Hall–Kier alpha value is -3.28. The minimum absolute atomic E-state index is 0.111. The topological polar surface area (TPSA) is 67.9 Å². The van der Waals surface area contributed by atoms with E-state index in [0.717, 1.165) is 18.4 Å². The third-order valence-electron chi connectivity index (χ3n) is 4.93. The molecule has 1 aliphatic heterocycles. The predicted molar refractivity (Wildman–Crippen MR) is 115 cm³/mol. The van der Waals surface area contributed by atoms with Gasteiger partial charge in [0.05, 0.1) is 0 Å². The van der Waals surface area contributed by atoms with E-state index in [-0.39, 0.29) is 18.4 Å². The van der Waals surface area contributed by atoms with Gasteiger partial charge in [-0.15, -0.1) is 0 Å². The lowest BCUT2D eigenvalue weighted by Gasteiger charge is -2.30. The molecule has 1 heterocycles. The van der Waals surface area contributed by atoms with Crippen LogP contribution in [0.15, 0.2) is 67.3 Å². The fourth-order valence-electron chi connectivity index (χ4n) is 3.42. The van der Waals surface area contributed by atoms with Crippen LogP contribution in [0.1, 0.15) is 24.8 Å². The van der Waals surface area contributed by atoms with Gasteiger partial charge in [-0.2, -0.15) is 0 Å². The Morgan fingerprint density at radius 2 is 1.90 bits per heavy atom. The van der Waals surface area contributed by atoms with Crippen LogP contribution < -0.4 is 14.8 Å². The zero-order chi connectivity index (χ0) is 21.2. The summed E-state index contributed by atoms with van der Waals surface area (Å²) < 4.78 is 11.3. The van der Waals surface area contributed by atoms with Gasteiger partial charge in [-0.1, -0.05) is 43.0 Å². The second kappa shape index (κ2) is 11.0. The van der Waals surface area contributed by atoms with Crippen LogP contribution in [0.4, 0.5) is 0 Å². The van der Waals surface area contributed by atoms with Crippen molar-refractivity contribution in [2.75, 3.05) is 19.8 Å². The Balaban J connectivity index is 1.77. The van der Waals surface area contributed by atoms with E-state index >= 15 is 0 Å². The Morgan fingerprint density at radius 3 is 2.70 bits per heavy atom. The minimum atomic E-state index is -0.517. The first-order valence-electron chi connectivity index (χ1n) is 10.2. The third-order valence-corrected chi connectivity index (χ3v) is 4.93. The molecule has 2 aromatic rings. The maximum Gasteiger partial charge on any atom is 0.261 e. The average Bonchev–Trinajstić information content (AvgIpc) is 2.99. The van der Waals surface area contributed by atoms with E-state index in [4.69, 9.17) is 9.47 Å². The monoisotopic (exact) mass is 408 g/mol. The number of nitrogens with one attached hydrogen (secondary N) is 1. The number of hydrogen-bond acceptors (Lipinski definition) is 4. The van der Waals surface area contributed by atoms with Crippen molar-refractivity contribution < 1.29 is 19.1 Å². The SMILES string of the molecule is C=CCOc1cccc(CN(C(=O)COc2ccccc2)C2CCCCNC2=O)c1. The molecule has 0 radical (unpaired) electrons. The summed E-state index contributed by atoms with van der Waals surface area (Å²) in [6, 6.07) is 16.2. The lowest BCUT2D eigenvalue weighted by atomic mass is 10.1. The molecule has 2 aromatic carbocycles. The van der Waals surface area contributed by atoms with Crippen molar-refractivity contribution in [3.8, 4) is 11.5 Å². The van der Waals surface area contributed by atoms with Crippen LogP contribution in [0.2, 0.25) is 0 Å². The quantitative estimate of drug-likeness (QED) is 0.647. The van der Waals surface area contributed by atoms with Crippen LogP contribution in [0.25, 0.3) is 0 Å². The smallest absolute Gasteiger partial charge is 0.261 e. The van der Waals surface area contributed by atoms with Gasteiger partial charge in [-0.05, 0) is 49.1 Å². The molecule has 30 heavy (non-hydrogen) atoms. The van der Waals surface area contributed by atoms with Crippen LogP contribution in [-0.4, -0.2) is 42.5 Å². The first-order valence-corrected chi connectivity index (χ1v) is 10.2. The number of para-hydroxylation sites is 1. The normalized spacial score (nSPS) is 16.1. The number of benzene rings is 2. The van der Waals surface area contributed by atoms with Gasteiger partial charge in [0, 0.05) is 13.1 Å². The molecule has 1 fully saturated rings. The molecule has 158 valence electrons. The standard InChI is InChI=1S/C24H28N2O4/c1-2-15-29-21-12-8-9-19(16-21)17-26(22-13-6-7-14-25-24(22)28)23(27)18-30-20-10-4-3-5-11-20/h2-5,8-12,16,22H,1,6-7,13-15,17-18H2,(H,25,28). The molecule has 6 nitrogen and oxygen atoms in total. The fourth-order valence-corrected chi connectivity index (χ4v) is 3.42. The average molecular weight is 408 g/mol. The van der Waals surface area contributed by atoms with E-state index in [9.17, 15) is 9.59 Å². The molecule has 2 amide bonds. The first-order chi connectivity index (χ1) is 14.7. The maximum atomic E-state index is 13.1. The highest BCUT2D eigenvalue weighted by atomic mass is 16.5. The maximum absolute atomic E-state index is 13.1. The molecule has 1 saturated heterocycles. The number of carbonyl (C=O) groups is 2. The molecule has 0 aromatic heterocycles. The molecule has 3 rings (SSSR count). The van der Waals surface area contributed by atoms with Crippen molar-refractivity contribution in [2.45, 2.75) is 31.8 Å². The second-order valence-electron chi connectivity index (χ2n) is 7.17. The number of hydrogen-bond donors (Lipinski definition) is 1. The minimum Gasteiger partial charge on any atom is -0.490 e. The Morgan fingerprint density at radius 1 is 1.10 bits per heavy atom. The fraction of sp³-hybridized carbons (Fsp3) is 0.333. The zero-order valence-corrected chi connectivity index (χ0v) is 17.1. The lowest BCUT2D eigenvalue weighted by Crippen LogP contribution is -2.49. The van der Waals surface area contributed by atoms with Gasteiger partial charge in [0.2, 0.25) is 5.91 Å². The molecule has 0 aliphatic carbocycles. The summed E-state index contributed by atoms with van der Waals surface area (Å²) in [7, 11) is 0. The van der Waals surface area contributed by atoms with Gasteiger partial charge >= 0.3 is 0 Å². The number of nitrogens with zero attached hydrogens (tertiary/aromatic N) is 1. The van der Waals surface area contributed by atoms with Gasteiger partial charge in [0.15, 0.2) is 6.61 Å². The van der Waals surface area contributed by atoms with Gasteiger partial charge in [-0.25, -0.2) is 0 Å². The van der Waals surface area contributed by atoms with Crippen LogP contribution in [-0.2, 0) is 16.1 Å². The molecule has 0 bridgehead atoms. The van der Waals surface area contributed by atoms with Crippen molar-refractivity contribution in [2.24, 2.45) is 0 Å². The van der Waals surface area contributed by atoms with Crippen molar-refractivity contribution in [3.63, 3.8) is 0 Å². The summed E-state index contributed by atoms with van der Waals surface area (Å²) in [5, 5.41) is 2.92. The number of carbonyl (C=O) groups excluding carboxylic acids is 2. The second-order valence-corrected chi connectivity index (χ2v) is 7.17. The number of amides is 2. The van der Waals surface area contributed by atoms with Crippen LogP contribution in [0.5, 0.6) is 11.5 Å². The molecule has 1 aliphatic rings. The van der Waals surface area contributed by atoms with E-state index in [0.29, 0.717) is 37.6 Å². The van der Waals surface area contributed by atoms with E-state index in [2.05, 4.69) is 11.9 Å². The van der Waals surface area contributed by atoms with Gasteiger partial charge in [0.1, 0.15) is 24.1 Å². The van der Waals surface area contributed by atoms with Crippen molar-refractivity contribution in [3.05, 3.63) is 72.8 Å². The number of ether oxygens (including phenoxy) is 2. The highest BCUT2D eigenvalue weighted by Gasteiger charge is 2.31. The van der Waals surface area contributed by atoms with E-state index in [1.54, 1.807) is 23.1 Å². The summed E-state index contributed by atoms with van der Waals surface area (Å²) in [5.41, 5.74) is 0.890. The van der Waals surface area contributed by atoms with Crippen molar-refractivity contribution in [1.82, 2.24) is 10.2 Å². The summed E-state index contributed by atoms with van der Waals surface area (Å²) >= 11 is 0. The first kappa shape index (κ1) is 21.4. The van der Waals surface area contributed by atoms with E-state index < -0.39 is 6.04 Å². The molecule has 1 N–H and O–H groups in total. The summed E-state index contributed by atoms with van der Waals surface area (Å²) in [4.78, 5) is 27.4. The van der Waals surface area contributed by atoms with E-state index in [1.807, 2.05) is 42.5 Å². The van der Waals surface area contributed by atoms with Crippen LogP contribution >= 0.6 is 0 Å². The molecule has 0 saturated carbocycles. The number of rotatable bonds is 9. The zero-order valence-electron chi connectivity index (χ0n) is 17.1. The van der Waals surface area contributed by atoms with Crippen molar-refractivity contribution in [1.29, 1.82) is 0 Å². The summed E-state index contributed by atoms with van der Waals surface area (Å²) in [6.45, 7) is 4.89. The summed E-state index contributed by atoms with van der Waals surface area (Å²) in [6.07, 6.45) is 4.11. The van der Waals surface area contributed by atoms with Gasteiger partial charge in [-0.3, -0.25) is 9.59 Å². The van der Waals surface area contributed by atoms with Crippen molar-refractivity contribution >= 4 is 11.8 Å². The molecule has 1 atom stereocenters. The Kier molecular flexibility index (Phi) is 7.89. The Labute approximate surface area is 177 Å². The Bertz CT molecular complexity index is 853. The highest BCUT2D eigenvalue weighted by molar-refractivity contribution is 5.88. The van der Waals surface area contributed by atoms with E-state index in [1.165, 1.54) is 0 Å². The molecule has 0 spiro atoms. The largest absolute Gasteiger partial charge is 0.490 e. The third kappa shape index (κ3) is 6.11. The van der Waals surface area contributed by atoms with Crippen LogP contribution in [0.3, 0.4) is 0 Å². The van der Waals surface area contributed by atoms with Crippen LogP contribution in [0, 0.1) is 0 Å². The van der Waals surface area contributed by atoms with Gasteiger partial charge in [0.25, 0.3) is 5.91 Å². The highest BCUT2D eigenvalue weighted by Crippen LogP contribution is 2.20. The lowest BCUT2D eigenvalue weighted by molar-refractivity contribution is -0.142. The predicted octanol–water partition coefficient (Wildman–Crippen LogP) is 3.33. The summed E-state index contributed by atoms with van der Waals surface area (Å²) in [5.74, 6) is 0.986. The molecular weight excluding hydrogens is 380 g/mol. The molecule has 6 heteroatoms. The molecule has 1 unspecified atom stereocenters. The molecular formula is C24H28N2O4. The van der Waals surface area contributed by atoms with Gasteiger partial charge < -0.3 is 19.7 Å².